The minimum Gasteiger partial charge on any atom is -0.446 e. The first-order valence-corrected chi connectivity index (χ1v) is 14.3. The molecule has 1 unspecified atom stereocenters. The van der Waals surface area contributed by atoms with Gasteiger partial charge in [0.05, 0.1) is 16.3 Å². The van der Waals surface area contributed by atoms with Gasteiger partial charge in [0.15, 0.2) is 0 Å². The Hall–Kier alpha value is -3.39. The van der Waals surface area contributed by atoms with E-state index in [2.05, 4.69) is 10.2 Å². The second kappa shape index (κ2) is 12.9. The summed E-state index contributed by atoms with van der Waals surface area (Å²) in [6.45, 7) is 3.34. The number of carbonyl (C=O) groups excluding carboxylic acids is 2. The van der Waals surface area contributed by atoms with Gasteiger partial charge in [-0.15, -0.1) is 0 Å². The van der Waals surface area contributed by atoms with Gasteiger partial charge in [-0.05, 0) is 60.4 Å². The number of nitrogens with one attached hydrogen (secondary N) is 1. The fourth-order valence-corrected chi connectivity index (χ4v) is 6.27. The predicted octanol–water partition coefficient (Wildman–Crippen LogP) is 5.57. The maximum Gasteiger partial charge on any atom is 0.411 e. The molecule has 3 aromatic carbocycles. The number of benzene rings is 3. The summed E-state index contributed by atoms with van der Waals surface area (Å²) in [7, 11) is 1.80. The molecule has 3 atom stereocenters. The molecule has 40 heavy (non-hydrogen) atoms. The maximum atomic E-state index is 12.9. The van der Waals surface area contributed by atoms with Crippen LogP contribution in [0.2, 0.25) is 5.02 Å². The van der Waals surface area contributed by atoms with Crippen molar-refractivity contribution in [3.63, 3.8) is 0 Å². The molecule has 0 radical (unpaired) electrons. The molecule has 2 amide bonds. The molecule has 0 aromatic heterocycles. The lowest BCUT2D eigenvalue weighted by atomic mass is 10.0. The largest absolute Gasteiger partial charge is 0.446 e. The van der Waals surface area contributed by atoms with E-state index in [-0.39, 0.29) is 18.6 Å². The Morgan fingerprint density at radius 1 is 1.02 bits per heavy atom. The van der Waals surface area contributed by atoms with Gasteiger partial charge in [-0.1, -0.05) is 66.2 Å². The van der Waals surface area contributed by atoms with E-state index in [1.807, 2.05) is 60.7 Å². The molecule has 2 fully saturated rings. The van der Waals surface area contributed by atoms with Crippen LogP contribution in [-0.4, -0.2) is 72.8 Å². The van der Waals surface area contributed by atoms with Gasteiger partial charge in [-0.3, -0.25) is 10.1 Å². The summed E-state index contributed by atoms with van der Waals surface area (Å²) in [5, 5.41) is 12.5. The molecule has 2 N–H and O–H groups in total. The van der Waals surface area contributed by atoms with Gasteiger partial charge in [0.25, 0.3) is 5.91 Å². The van der Waals surface area contributed by atoms with Crippen LogP contribution in [-0.2, 0) is 11.2 Å². The van der Waals surface area contributed by atoms with E-state index in [9.17, 15) is 9.59 Å². The molecule has 7 nitrogen and oxygen atoms in total. The van der Waals surface area contributed by atoms with Crippen LogP contribution >= 0.6 is 11.6 Å². The van der Waals surface area contributed by atoms with E-state index in [4.69, 9.17) is 21.4 Å². The highest BCUT2D eigenvalue weighted by Gasteiger charge is 2.42. The van der Waals surface area contributed by atoms with Crippen LogP contribution in [0.25, 0.3) is 11.1 Å². The van der Waals surface area contributed by atoms with Crippen LogP contribution in [0.3, 0.4) is 0 Å². The smallest absolute Gasteiger partial charge is 0.411 e. The van der Waals surface area contributed by atoms with Crippen molar-refractivity contribution in [3.8, 4) is 11.1 Å². The van der Waals surface area contributed by atoms with Crippen LogP contribution in [0.15, 0.2) is 72.8 Å². The standard InChI is InChI=1S/C32H36ClN3O4/c1-35(31(38)28-12-11-22(13-16-37)17-29(28)33)14-15-36-20-24-18-26(19-25(24)21-36)40-32(39)34-30-10-6-5-9-27(30)23-7-3-2-4-8-23/h2-12,17,24-26,37H,13-16,18-21H2,1H3,(H,34,39)/t24-,25+,26?. The van der Waals surface area contributed by atoms with Crippen molar-refractivity contribution < 1.29 is 19.4 Å². The Balaban J connectivity index is 1.07. The number of nitrogens with zero attached hydrogens (tertiary/aromatic N) is 2. The number of rotatable bonds is 9. The van der Waals surface area contributed by atoms with Gasteiger partial charge in [0, 0.05) is 45.4 Å². The molecule has 1 saturated heterocycles. The fraction of sp³-hybridized carbons (Fsp3) is 0.375. The van der Waals surface area contributed by atoms with E-state index in [1.165, 1.54) is 0 Å². The van der Waals surface area contributed by atoms with Gasteiger partial charge in [0.2, 0.25) is 0 Å². The zero-order valence-corrected chi connectivity index (χ0v) is 23.5. The number of halogens is 1. The topological polar surface area (TPSA) is 82.1 Å². The highest BCUT2D eigenvalue weighted by Crippen LogP contribution is 2.39. The SMILES string of the molecule is CN(CCN1C[C@H]2CC(OC(=O)Nc3ccccc3-c3ccccc3)C[C@H]2C1)C(=O)c1ccc(CCO)cc1Cl. The van der Waals surface area contributed by atoms with Crippen LogP contribution in [0.5, 0.6) is 0 Å². The number of fused-ring (bicyclic) bond motifs is 1. The Morgan fingerprint density at radius 2 is 1.73 bits per heavy atom. The molecule has 210 valence electrons. The summed E-state index contributed by atoms with van der Waals surface area (Å²) in [6, 6.07) is 23.1. The second-order valence-electron chi connectivity index (χ2n) is 10.8. The van der Waals surface area contributed by atoms with Gasteiger partial charge >= 0.3 is 6.09 Å². The first-order chi connectivity index (χ1) is 19.4. The van der Waals surface area contributed by atoms with Gasteiger partial charge < -0.3 is 19.6 Å². The molecule has 2 aliphatic rings. The highest BCUT2D eigenvalue weighted by molar-refractivity contribution is 6.33. The van der Waals surface area contributed by atoms with Crippen LogP contribution in [0.4, 0.5) is 10.5 Å². The van der Waals surface area contributed by atoms with Crippen molar-refractivity contribution in [3.05, 3.63) is 88.9 Å². The number of para-hydroxylation sites is 1. The third-order valence-corrected chi connectivity index (χ3v) is 8.38. The van der Waals surface area contributed by atoms with Crippen molar-refractivity contribution in [2.24, 2.45) is 11.8 Å². The van der Waals surface area contributed by atoms with Crippen molar-refractivity contribution in [2.75, 3.05) is 45.2 Å². The van der Waals surface area contributed by atoms with E-state index in [0.717, 1.165) is 54.9 Å². The number of likely N-dealkylation sites (N-methyl/N-ethyl adjacent to an activating group) is 1. The van der Waals surface area contributed by atoms with Crippen molar-refractivity contribution in [1.29, 1.82) is 0 Å². The first kappa shape index (κ1) is 28.1. The van der Waals surface area contributed by atoms with Gasteiger partial charge in [-0.2, -0.15) is 0 Å². The van der Waals surface area contributed by atoms with Crippen molar-refractivity contribution in [2.45, 2.75) is 25.4 Å². The summed E-state index contributed by atoms with van der Waals surface area (Å²) >= 11 is 6.35. The minimum atomic E-state index is -0.409. The molecule has 1 saturated carbocycles. The quantitative estimate of drug-likeness (QED) is 0.357. The average molecular weight is 562 g/mol. The Kier molecular flexibility index (Phi) is 9.04. The van der Waals surface area contributed by atoms with Crippen LogP contribution < -0.4 is 5.32 Å². The van der Waals surface area contributed by atoms with E-state index in [1.54, 1.807) is 24.1 Å². The number of hydrogen-bond donors (Lipinski definition) is 2. The molecule has 1 heterocycles. The van der Waals surface area contributed by atoms with E-state index < -0.39 is 6.09 Å². The molecular formula is C32H36ClN3O4. The van der Waals surface area contributed by atoms with E-state index in [0.29, 0.717) is 35.4 Å². The zero-order chi connectivity index (χ0) is 28.1. The molecule has 8 heteroatoms. The summed E-state index contributed by atoms with van der Waals surface area (Å²) in [6.07, 6.45) is 1.74. The number of carbonyl (C=O) groups is 2. The first-order valence-electron chi connectivity index (χ1n) is 13.9. The van der Waals surface area contributed by atoms with Crippen molar-refractivity contribution >= 4 is 29.3 Å². The highest BCUT2D eigenvalue weighted by atomic mass is 35.5. The van der Waals surface area contributed by atoms with Gasteiger partial charge in [0.1, 0.15) is 6.10 Å². The molecule has 3 aromatic rings. The lowest BCUT2D eigenvalue weighted by Crippen LogP contribution is -2.36. The molecule has 0 bridgehead atoms. The summed E-state index contributed by atoms with van der Waals surface area (Å²) in [4.78, 5) is 29.8. The maximum absolute atomic E-state index is 12.9. The monoisotopic (exact) mass is 561 g/mol. The number of likely N-dealkylation sites (tertiary alicyclic amines) is 1. The number of aliphatic hydroxyl groups is 1. The zero-order valence-electron chi connectivity index (χ0n) is 22.8. The number of aliphatic hydroxyl groups excluding tert-OH is 1. The second-order valence-corrected chi connectivity index (χ2v) is 11.2. The van der Waals surface area contributed by atoms with Gasteiger partial charge in [-0.25, -0.2) is 4.79 Å². The molecule has 0 spiro atoms. The Labute approximate surface area is 240 Å². The minimum absolute atomic E-state index is 0.0463. The average Bonchev–Trinajstić information content (AvgIpc) is 3.50. The summed E-state index contributed by atoms with van der Waals surface area (Å²) < 4.78 is 5.84. The molecule has 1 aliphatic carbocycles. The fourth-order valence-electron chi connectivity index (χ4n) is 5.99. The predicted molar refractivity (Wildman–Crippen MR) is 158 cm³/mol. The summed E-state index contributed by atoms with van der Waals surface area (Å²) in [5.74, 6) is 0.876. The molecule has 1 aliphatic heterocycles. The third-order valence-electron chi connectivity index (χ3n) is 8.07. The molecule has 5 rings (SSSR count). The Morgan fingerprint density at radius 3 is 2.42 bits per heavy atom. The summed E-state index contributed by atoms with van der Waals surface area (Å²) in [5.41, 5.74) is 4.13. The lowest BCUT2D eigenvalue weighted by Gasteiger charge is -2.23. The molecular weight excluding hydrogens is 526 g/mol. The number of hydrogen-bond acceptors (Lipinski definition) is 5. The third kappa shape index (κ3) is 6.66. The lowest BCUT2D eigenvalue weighted by molar-refractivity contribution is 0.0779. The van der Waals surface area contributed by atoms with Crippen molar-refractivity contribution in [1.82, 2.24) is 9.80 Å². The number of anilines is 1. The normalized spacial score (nSPS) is 20.2. The Bertz CT molecular complexity index is 1320. The number of ether oxygens (including phenoxy) is 1. The van der Waals surface area contributed by atoms with Crippen LogP contribution in [0.1, 0.15) is 28.8 Å². The number of amides is 2. The van der Waals surface area contributed by atoms with E-state index >= 15 is 0 Å². The van der Waals surface area contributed by atoms with Crippen LogP contribution in [0, 0.1) is 11.8 Å².